The second-order valence-electron chi connectivity index (χ2n) is 9.45. The van der Waals surface area contributed by atoms with Crippen molar-refractivity contribution in [1.82, 2.24) is 14.8 Å². The first-order valence-corrected chi connectivity index (χ1v) is 11.9. The number of fused-ring (bicyclic) bond motifs is 1. The lowest BCUT2D eigenvalue weighted by Gasteiger charge is -2.42. The minimum absolute atomic E-state index is 0.0194. The zero-order chi connectivity index (χ0) is 23.4. The van der Waals surface area contributed by atoms with Crippen LogP contribution in [0.25, 0.3) is 0 Å². The Morgan fingerprint density at radius 1 is 1.06 bits per heavy atom. The normalized spacial score (nSPS) is 21.2. The number of rotatable bonds is 1. The molecule has 2 aromatic rings. The van der Waals surface area contributed by atoms with E-state index in [0.29, 0.717) is 25.2 Å². The van der Waals surface area contributed by atoms with E-state index in [9.17, 15) is 14.4 Å². The van der Waals surface area contributed by atoms with Crippen LogP contribution < -0.4 is 15.6 Å². The van der Waals surface area contributed by atoms with Crippen LogP contribution >= 0.6 is 0 Å². The van der Waals surface area contributed by atoms with Gasteiger partial charge in [0.15, 0.2) is 6.10 Å². The molecule has 2 amide bonds. The Bertz CT molecular complexity index is 1070. The summed E-state index contributed by atoms with van der Waals surface area (Å²) in [6, 6.07) is 11.0. The van der Waals surface area contributed by atoms with Crippen LogP contribution in [0.5, 0.6) is 5.75 Å². The zero-order valence-corrected chi connectivity index (χ0v) is 19.5. The molecule has 1 atom stereocenters. The second-order valence-corrected chi connectivity index (χ2v) is 9.45. The van der Waals surface area contributed by atoms with Crippen molar-refractivity contribution in [3.8, 4) is 5.75 Å². The standard InChI is InChI=1S/C26H33N3O4/c1-19-24(31)27-18-26(12-6-5-8-20-7-3-4-9-22(20)33-19)13-15-29(16-14-26)25(32)21-10-11-23(30)28(2)17-21/h3-4,7,9-11,17,19H,5-6,8,12-16,18H2,1-2H3,(H,27,31)/t19-/m1/s1. The molecule has 1 N–H and O–H groups in total. The summed E-state index contributed by atoms with van der Waals surface area (Å²) in [5.41, 5.74) is 1.53. The van der Waals surface area contributed by atoms with Crippen LogP contribution in [0.3, 0.4) is 0 Å². The predicted molar refractivity (Wildman–Crippen MR) is 126 cm³/mol. The predicted octanol–water partition coefficient (Wildman–Crippen LogP) is 2.92. The van der Waals surface area contributed by atoms with Gasteiger partial charge < -0.3 is 19.5 Å². The lowest BCUT2D eigenvalue weighted by atomic mass is 9.74. The Labute approximate surface area is 194 Å². The molecule has 0 bridgehead atoms. The van der Waals surface area contributed by atoms with E-state index in [1.54, 1.807) is 26.2 Å². The minimum Gasteiger partial charge on any atom is -0.481 e. The molecule has 33 heavy (non-hydrogen) atoms. The van der Waals surface area contributed by atoms with Crippen molar-refractivity contribution < 1.29 is 14.3 Å². The van der Waals surface area contributed by atoms with E-state index in [0.717, 1.165) is 49.8 Å². The smallest absolute Gasteiger partial charge is 0.260 e. The Kier molecular flexibility index (Phi) is 6.86. The van der Waals surface area contributed by atoms with Gasteiger partial charge in [-0.3, -0.25) is 14.4 Å². The molecule has 176 valence electrons. The number of nitrogens with one attached hydrogen (secondary N) is 1. The molecular weight excluding hydrogens is 418 g/mol. The number of aryl methyl sites for hydroxylation is 2. The van der Waals surface area contributed by atoms with E-state index < -0.39 is 6.10 Å². The Balaban J connectivity index is 1.44. The fraction of sp³-hybridized carbons (Fsp3) is 0.500. The molecule has 3 heterocycles. The fourth-order valence-electron chi connectivity index (χ4n) is 4.91. The van der Waals surface area contributed by atoms with Crippen LogP contribution in [0.1, 0.15) is 54.9 Å². The number of benzene rings is 1. The van der Waals surface area contributed by atoms with Gasteiger partial charge in [-0.25, -0.2) is 0 Å². The first-order valence-electron chi connectivity index (χ1n) is 11.9. The van der Waals surface area contributed by atoms with Gasteiger partial charge in [-0.1, -0.05) is 24.6 Å². The summed E-state index contributed by atoms with van der Waals surface area (Å²) in [6.45, 7) is 3.68. The molecule has 4 rings (SSSR count). The number of likely N-dealkylation sites (tertiary alicyclic amines) is 1. The first kappa shape index (κ1) is 23.1. The quantitative estimate of drug-likeness (QED) is 0.723. The molecular formula is C26H33N3O4. The third kappa shape index (κ3) is 5.29. The van der Waals surface area contributed by atoms with Gasteiger partial charge in [-0.2, -0.15) is 0 Å². The zero-order valence-electron chi connectivity index (χ0n) is 19.5. The molecule has 1 aromatic carbocycles. The minimum atomic E-state index is -0.561. The SMILES string of the molecule is C[C@H]1Oc2ccccc2CCCCC2(CCN(C(=O)c3ccc(=O)n(C)c3)CC2)CNC1=O. The van der Waals surface area contributed by atoms with Crippen molar-refractivity contribution in [2.75, 3.05) is 19.6 Å². The van der Waals surface area contributed by atoms with E-state index in [4.69, 9.17) is 4.74 Å². The summed E-state index contributed by atoms with van der Waals surface area (Å²) in [4.78, 5) is 39.2. The average molecular weight is 452 g/mol. The summed E-state index contributed by atoms with van der Waals surface area (Å²) in [5.74, 6) is 0.644. The van der Waals surface area contributed by atoms with Crippen molar-refractivity contribution >= 4 is 11.8 Å². The number of piperidine rings is 1. The molecule has 1 fully saturated rings. The summed E-state index contributed by atoms with van der Waals surface area (Å²) < 4.78 is 7.42. The molecule has 1 saturated heterocycles. The summed E-state index contributed by atoms with van der Waals surface area (Å²) in [6.07, 6.45) is 6.80. The average Bonchev–Trinajstić information content (AvgIpc) is 2.82. The number of carbonyl (C=O) groups is 2. The molecule has 0 aliphatic carbocycles. The molecule has 7 nitrogen and oxygen atoms in total. The van der Waals surface area contributed by atoms with E-state index >= 15 is 0 Å². The highest BCUT2D eigenvalue weighted by Gasteiger charge is 2.36. The lowest BCUT2D eigenvalue weighted by Crippen LogP contribution is -2.49. The number of nitrogens with zero attached hydrogens (tertiary/aromatic N) is 2. The molecule has 0 unspecified atom stereocenters. The summed E-state index contributed by atoms with van der Waals surface area (Å²) in [7, 11) is 1.65. The van der Waals surface area contributed by atoms with Gasteiger partial charge in [0.2, 0.25) is 5.56 Å². The topological polar surface area (TPSA) is 80.6 Å². The highest BCUT2D eigenvalue weighted by atomic mass is 16.5. The Hall–Kier alpha value is -3.09. The van der Waals surface area contributed by atoms with E-state index in [2.05, 4.69) is 11.4 Å². The van der Waals surface area contributed by atoms with Crippen molar-refractivity contribution in [2.45, 2.75) is 51.6 Å². The van der Waals surface area contributed by atoms with Crippen molar-refractivity contribution in [2.24, 2.45) is 12.5 Å². The van der Waals surface area contributed by atoms with Crippen molar-refractivity contribution in [1.29, 1.82) is 0 Å². The van der Waals surface area contributed by atoms with Crippen LogP contribution in [-0.2, 0) is 18.3 Å². The number of carbonyl (C=O) groups excluding carboxylic acids is 2. The van der Waals surface area contributed by atoms with Gasteiger partial charge in [-0.05, 0) is 62.1 Å². The van der Waals surface area contributed by atoms with Crippen LogP contribution in [0.2, 0.25) is 0 Å². The van der Waals surface area contributed by atoms with Crippen molar-refractivity contribution in [3.63, 3.8) is 0 Å². The fourth-order valence-corrected chi connectivity index (χ4v) is 4.91. The number of para-hydroxylation sites is 1. The third-order valence-corrected chi connectivity index (χ3v) is 7.13. The molecule has 7 heteroatoms. The number of aromatic nitrogens is 1. The summed E-state index contributed by atoms with van der Waals surface area (Å²) >= 11 is 0. The van der Waals surface area contributed by atoms with Gasteiger partial charge in [-0.15, -0.1) is 0 Å². The first-order chi connectivity index (χ1) is 15.9. The van der Waals surface area contributed by atoms with E-state index in [-0.39, 0.29) is 22.8 Å². The van der Waals surface area contributed by atoms with Crippen molar-refractivity contribution in [3.05, 3.63) is 64.1 Å². The molecule has 0 saturated carbocycles. The Morgan fingerprint density at radius 3 is 2.58 bits per heavy atom. The third-order valence-electron chi connectivity index (χ3n) is 7.13. The Morgan fingerprint density at radius 2 is 1.82 bits per heavy atom. The number of amides is 2. The monoisotopic (exact) mass is 451 g/mol. The molecule has 1 aromatic heterocycles. The van der Waals surface area contributed by atoms with Gasteiger partial charge >= 0.3 is 0 Å². The van der Waals surface area contributed by atoms with E-state index in [1.807, 2.05) is 23.1 Å². The lowest BCUT2D eigenvalue weighted by molar-refractivity contribution is -0.128. The van der Waals surface area contributed by atoms with Gasteiger partial charge in [0.25, 0.3) is 11.8 Å². The number of pyridine rings is 1. The highest BCUT2D eigenvalue weighted by molar-refractivity contribution is 5.94. The molecule has 0 radical (unpaired) electrons. The molecule has 2 aliphatic rings. The van der Waals surface area contributed by atoms with Gasteiger partial charge in [0, 0.05) is 38.9 Å². The van der Waals surface area contributed by atoms with Crippen LogP contribution in [0, 0.1) is 5.41 Å². The van der Waals surface area contributed by atoms with Gasteiger partial charge in [0.05, 0.1) is 5.56 Å². The number of hydrogen-bond donors (Lipinski definition) is 1. The number of ether oxygens (including phenoxy) is 1. The maximum absolute atomic E-state index is 13.0. The van der Waals surface area contributed by atoms with Crippen LogP contribution in [-0.4, -0.2) is 47.0 Å². The van der Waals surface area contributed by atoms with Crippen LogP contribution in [0.15, 0.2) is 47.4 Å². The molecule has 1 spiro atoms. The molecule has 2 aliphatic heterocycles. The van der Waals surface area contributed by atoms with Gasteiger partial charge in [0.1, 0.15) is 5.75 Å². The second kappa shape index (κ2) is 9.81. The van der Waals surface area contributed by atoms with E-state index in [1.165, 1.54) is 10.6 Å². The highest BCUT2D eigenvalue weighted by Crippen LogP contribution is 2.37. The summed E-state index contributed by atoms with van der Waals surface area (Å²) in [5, 5.41) is 3.13. The van der Waals surface area contributed by atoms with Crippen LogP contribution in [0.4, 0.5) is 0 Å². The maximum Gasteiger partial charge on any atom is 0.260 e. The largest absolute Gasteiger partial charge is 0.481 e. The number of hydrogen-bond acceptors (Lipinski definition) is 4. The maximum atomic E-state index is 13.0.